The number of hydrogen-bond donors (Lipinski definition) is 1. The fourth-order valence-corrected chi connectivity index (χ4v) is 0.560. The van der Waals surface area contributed by atoms with Crippen LogP contribution in [0.25, 0.3) is 0 Å². The number of nitrogens with two attached hydrogens (primary N) is 1. The summed E-state index contributed by atoms with van der Waals surface area (Å²) in [4.78, 5) is 0. The molecule has 0 heterocycles. The molecule has 0 atom stereocenters. The van der Waals surface area contributed by atoms with Gasteiger partial charge in [-0.05, 0) is 18.8 Å². The molecule has 40 valence electrons. The van der Waals surface area contributed by atoms with Crippen LogP contribution in [0.4, 0.5) is 0 Å². The van der Waals surface area contributed by atoms with Crippen LogP contribution in [0.2, 0.25) is 0 Å². The Morgan fingerprint density at radius 1 is 1.57 bits per heavy atom. The normalized spacial score (nSPS) is 21.3. The molecular formula is C6H11N. The summed E-state index contributed by atoms with van der Waals surface area (Å²) in [6.07, 6.45) is 7.02. The Hall–Kier alpha value is -0.300. The van der Waals surface area contributed by atoms with Gasteiger partial charge in [-0.2, -0.15) is 0 Å². The van der Waals surface area contributed by atoms with Gasteiger partial charge in [0.15, 0.2) is 0 Å². The van der Waals surface area contributed by atoms with Gasteiger partial charge in [0.2, 0.25) is 0 Å². The van der Waals surface area contributed by atoms with E-state index in [1.807, 2.05) is 6.08 Å². The van der Waals surface area contributed by atoms with Gasteiger partial charge in [-0.15, -0.1) is 0 Å². The minimum Gasteiger partial charge on any atom is -0.327 e. The van der Waals surface area contributed by atoms with E-state index in [0.717, 1.165) is 5.92 Å². The van der Waals surface area contributed by atoms with Crippen LogP contribution in [-0.2, 0) is 0 Å². The average Bonchev–Trinajstić information content (AvgIpc) is 2.42. The molecule has 1 rings (SSSR count). The molecule has 0 radical (unpaired) electrons. The van der Waals surface area contributed by atoms with Crippen LogP contribution in [0.1, 0.15) is 12.8 Å². The summed E-state index contributed by atoms with van der Waals surface area (Å²) in [5, 5.41) is 0. The Kier molecular flexibility index (Phi) is 1.47. The van der Waals surface area contributed by atoms with E-state index in [1.54, 1.807) is 0 Å². The van der Waals surface area contributed by atoms with Crippen molar-refractivity contribution in [3.8, 4) is 0 Å². The number of rotatable bonds is 2. The molecule has 1 fully saturated rings. The average molecular weight is 97.2 g/mol. The maximum Gasteiger partial charge on any atom is 0.0106 e. The van der Waals surface area contributed by atoms with Gasteiger partial charge in [0.05, 0.1) is 0 Å². The lowest BCUT2D eigenvalue weighted by Crippen LogP contribution is -1.91. The summed E-state index contributed by atoms with van der Waals surface area (Å²) in [6.45, 7) is 0.705. The predicted octanol–water partition coefficient (Wildman–Crippen LogP) is 0.911. The SMILES string of the molecule is NC/C=C/C1CC1. The highest BCUT2D eigenvalue weighted by Gasteiger charge is 2.16. The second-order valence-electron chi connectivity index (χ2n) is 2.00. The van der Waals surface area contributed by atoms with Crippen LogP contribution in [0.3, 0.4) is 0 Å². The van der Waals surface area contributed by atoms with Gasteiger partial charge < -0.3 is 5.73 Å². The molecule has 1 nitrogen and oxygen atoms in total. The van der Waals surface area contributed by atoms with Crippen LogP contribution in [0.15, 0.2) is 12.2 Å². The standard InChI is InChI=1S/C6H11N/c7-5-1-2-6-3-4-6/h1-2,6H,3-5,7H2/b2-1+. The van der Waals surface area contributed by atoms with E-state index in [-0.39, 0.29) is 0 Å². The van der Waals surface area contributed by atoms with E-state index in [9.17, 15) is 0 Å². The topological polar surface area (TPSA) is 26.0 Å². The highest BCUT2D eigenvalue weighted by Crippen LogP contribution is 2.29. The maximum atomic E-state index is 5.22. The molecule has 0 unspecified atom stereocenters. The third kappa shape index (κ3) is 1.74. The van der Waals surface area contributed by atoms with Crippen LogP contribution < -0.4 is 5.73 Å². The lowest BCUT2D eigenvalue weighted by Gasteiger charge is -1.76. The zero-order chi connectivity index (χ0) is 5.11. The first-order valence-electron chi connectivity index (χ1n) is 2.80. The molecule has 0 aromatic carbocycles. The Morgan fingerprint density at radius 2 is 2.29 bits per heavy atom. The highest BCUT2D eigenvalue weighted by molar-refractivity contribution is 4.95. The summed E-state index contributed by atoms with van der Waals surface area (Å²) in [6, 6.07) is 0. The summed E-state index contributed by atoms with van der Waals surface area (Å²) in [5.41, 5.74) is 5.22. The molecule has 1 aliphatic carbocycles. The summed E-state index contributed by atoms with van der Waals surface area (Å²) < 4.78 is 0. The first-order chi connectivity index (χ1) is 3.43. The first kappa shape index (κ1) is 4.85. The monoisotopic (exact) mass is 97.1 g/mol. The van der Waals surface area contributed by atoms with Crippen LogP contribution in [0, 0.1) is 5.92 Å². The minimum absolute atomic E-state index is 0.705. The summed E-state index contributed by atoms with van der Waals surface area (Å²) in [7, 11) is 0. The zero-order valence-corrected chi connectivity index (χ0v) is 4.43. The Balaban J connectivity index is 2.05. The van der Waals surface area contributed by atoms with Gasteiger partial charge in [-0.1, -0.05) is 12.2 Å². The lowest BCUT2D eigenvalue weighted by molar-refractivity contribution is 1.10. The minimum atomic E-state index is 0.705. The molecule has 2 N–H and O–H groups in total. The van der Waals surface area contributed by atoms with E-state index in [4.69, 9.17) is 5.73 Å². The van der Waals surface area contributed by atoms with Crippen molar-refractivity contribution in [2.24, 2.45) is 11.7 Å². The molecule has 1 heteroatoms. The third-order valence-corrected chi connectivity index (χ3v) is 1.17. The van der Waals surface area contributed by atoms with Crippen LogP contribution >= 0.6 is 0 Å². The fourth-order valence-electron chi connectivity index (χ4n) is 0.560. The van der Waals surface area contributed by atoms with Gasteiger partial charge in [0.1, 0.15) is 0 Å². The van der Waals surface area contributed by atoms with Crippen molar-refractivity contribution in [2.75, 3.05) is 6.54 Å². The van der Waals surface area contributed by atoms with Crippen molar-refractivity contribution in [3.63, 3.8) is 0 Å². The highest BCUT2D eigenvalue weighted by atomic mass is 14.5. The molecule has 0 bridgehead atoms. The van der Waals surface area contributed by atoms with Gasteiger partial charge >= 0.3 is 0 Å². The Morgan fingerprint density at radius 3 is 2.71 bits per heavy atom. The van der Waals surface area contributed by atoms with Crippen molar-refractivity contribution in [3.05, 3.63) is 12.2 Å². The summed E-state index contributed by atoms with van der Waals surface area (Å²) in [5.74, 6) is 0.892. The molecule has 7 heavy (non-hydrogen) atoms. The van der Waals surface area contributed by atoms with Crippen molar-refractivity contribution in [2.45, 2.75) is 12.8 Å². The van der Waals surface area contributed by atoms with E-state index in [1.165, 1.54) is 12.8 Å². The molecule has 0 saturated heterocycles. The molecule has 0 aromatic heterocycles. The quantitative estimate of drug-likeness (QED) is 0.509. The van der Waals surface area contributed by atoms with Gasteiger partial charge in [0, 0.05) is 6.54 Å². The van der Waals surface area contributed by atoms with Crippen molar-refractivity contribution in [1.29, 1.82) is 0 Å². The molecular weight excluding hydrogens is 86.1 g/mol. The Bertz CT molecular complexity index is 72.2. The second kappa shape index (κ2) is 2.12. The predicted molar refractivity (Wildman–Crippen MR) is 30.9 cm³/mol. The van der Waals surface area contributed by atoms with Gasteiger partial charge in [0.25, 0.3) is 0 Å². The van der Waals surface area contributed by atoms with Crippen LogP contribution in [-0.4, -0.2) is 6.54 Å². The second-order valence-corrected chi connectivity index (χ2v) is 2.00. The molecule has 0 aliphatic heterocycles. The van der Waals surface area contributed by atoms with Crippen molar-refractivity contribution < 1.29 is 0 Å². The van der Waals surface area contributed by atoms with E-state index < -0.39 is 0 Å². The first-order valence-corrected chi connectivity index (χ1v) is 2.80. The van der Waals surface area contributed by atoms with Crippen molar-refractivity contribution in [1.82, 2.24) is 0 Å². The molecule has 1 saturated carbocycles. The summed E-state index contributed by atoms with van der Waals surface area (Å²) >= 11 is 0. The van der Waals surface area contributed by atoms with Crippen molar-refractivity contribution >= 4 is 0 Å². The zero-order valence-electron chi connectivity index (χ0n) is 4.43. The number of allylic oxidation sites excluding steroid dienone is 1. The van der Waals surface area contributed by atoms with Gasteiger partial charge in [-0.25, -0.2) is 0 Å². The molecule has 0 spiro atoms. The largest absolute Gasteiger partial charge is 0.327 e. The maximum absolute atomic E-state index is 5.22. The molecule has 0 aromatic rings. The fraction of sp³-hybridized carbons (Fsp3) is 0.667. The van der Waals surface area contributed by atoms with E-state index in [0.29, 0.717) is 6.54 Å². The van der Waals surface area contributed by atoms with E-state index in [2.05, 4.69) is 6.08 Å². The van der Waals surface area contributed by atoms with E-state index >= 15 is 0 Å². The molecule has 0 amide bonds. The lowest BCUT2D eigenvalue weighted by atomic mass is 10.4. The van der Waals surface area contributed by atoms with Gasteiger partial charge in [-0.3, -0.25) is 0 Å². The molecule has 1 aliphatic rings. The Labute approximate surface area is 44.2 Å². The van der Waals surface area contributed by atoms with Crippen LogP contribution in [0.5, 0.6) is 0 Å². The smallest absolute Gasteiger partial charge is 0.0106 e. The third-order valence-electron chi connectivity index (χ3n) is 1.17. The number of hydrogen-bond acceptors (Lipinski definition) is 1.